The van der Waals surface area contributed by atoms with Gasteiger partial charge in [0.25, 0.3) is 0 Å². The molecule has 2 heterocycles. The molecule has 1 aromatic carbocycles. The molecule has 0 saturated carbocycles. The normalized spacial score (nSPS) is 15.7. The van der Waals surface area contributed by atoms with Crippen molar-refractivity contribution in [1.29, 1.82) is 0 Å². The van der Waals surface area contributed by atoms with Crippen molar-refractivity contribution < 1.29 is 4.79 Å². The van der Waals surface area contributed by atoms with Gasteiger partial charge in [0.1, 0.15) is 11.4 Å². The number of nitrogens with zero attached hydrogens (tertiary/aromatic N) is 3. The Morgan fingerprint density at radius 3 is 2.38 bits per heavy atom. The molecule has 118 valence electrons. The van der Waals surface area contributed by atoms with Gasteiger partial charge in [-0.2, -0.15) is 0 Å². The van der Waals surface area contributed by atoms with E-state index in [4.69, 9.17) is 0 Å². The van der Waals surface area contributed by atoms with Crippen LogP contribution in [0, 0.1) is 0 Å². The summed E-state index contributed by atoms with van der Waals surface area (Å²) in [6.07, 6.45) is 1.54. The van der Waals surface area contributed by atoms with Gasteiger partial charge >= 0.3 is 0 Å². The third-order valence-corrected chi connectivity index (χ3v) is 4.01. The number of guanidine groups is 1. The number of pyridine rings is 1. The lowest BCUT2D eigenvalue weighted by atomic mass is 9.84. The monoisotopic (exact) mass is 318 g/mol. The predicted octanol–water partition coefficient (Wildman–Crippen LogP) is 1.70. The summed E-state index contributed by atoms with van der Waals surface area (Å²) in [7, 11) is 3.71. The first-order valence-corrected chi connectivity index (χ1v) is 7.49. The van der Waals surface area contributed by atoms with E-state index in [1.54, 1.807) is 17.0 Å². The standard InChI is InChI=1S/C18H14N4O2/c1-22(2)18-20-15-11-5-3-4-6-12(11)17(24)14(16(15)21-18)10-7-8-13(23)19-9-10/h3-9H,1-2H3,(H,19,23). The largest absolute Gasteiger partial charge is 0.347 e. The number of aliphatic imine (C=N–C) groups is 2. The molecule has 1 aromatic heterocycles. The number of hydrogen-bond donors (Lipinski definition) is 1. The summed E-state index contributed by atoms with van der Waals surface area (Å²) in [6.45, 7) is 0. The average Bonchev–Trinajstić information content (AvgIpc) is 3.02. The van der Waals surface area contributed by atoms with Crippen LogP contribution in [-0.2, 0) is 0 Å². The molecule has 0 spiro atoms. The molecule has 2 aliphatic rings. The maximum absolute atomic E-state index is 13.0. The zero-order valence-corrected chi connectivity index (χ0v) is 13.2. The van der Waals surface area contributed by atoms with Crippen molar-refractivity contribution in [3.05, 3.63) is 75.3 Å². The minimum atomic E-state index is -0.217. The van der Waals surface area contributed by atoms with Crippen molar-refractivity contribution in [2.75, 3.05) is 14.1 Å². The Kier molecular flexibility index (Phi) is 3.06. The average molecular weight is 318 g/mol. The molecule has 1 aliphatic heterocycles. The summed E-state index contributed by atoms with van der Waals surface area (Å²) >= 11 is 0. The van der Waals surface area contributed by atoms with Gasteiger partial charge in [0.05, 0.1) is 5.57 Å². The van der Waals surface area contributed by atoms with Gasteiger partial charge in [0, 0.05) is 43.0 Å². The Morgan fingerprint density at radius 1 is 0.958 bits per heavy atom. The number of carbonyl (C=O) groups is 1. The van der Waals surface area contributed by atoms with Crippen molar-refractivity contribution >= 4 is 23.0 Å². The first-order chi connectivity index (χ1) is 11.6. The number of benzene rings is 1. The van der Waals surface area contributed by atoms with E-state index >= 15 is 0 Å². The number of nitrogens with one attached hydrogen (secondary N) is 1. The van der Waals surface area contributed by atoms with Crippen LogP contribution in [0.2, 0.25) is 0 Å². The predicted molar refractivity (Wildman–Crippen MR) is 92.4 cm³/mol. The number of allylic oxidation sites excluding steroid dienone is 2. The van der Waals surface area contributed by atoms with Crippen LogP contribution in [-0.4, -0.2) is 41.4 Å². The molecule has 1 aliphatic carbocycles. The molecule has 0 unspecified atom stereocenters. The van der Waals surface area contributed by atoms with Gasteiger partial charge in [-0.05, 0) is 6.07 Å². The summed E-state index contributed by atoms with van der Waals surface area (Å²) in [6, 6.07) is 10.4. The number of H-pyrrole nitrogens is 1. The van der Waals surface area contributed by atoms with Crippen LogP contribution in [0.15, 0.2) is 63.1 Å². The number of aromatic nitrogens is 1. The zero-order chi connectivity index (χ0) is 16.8. The molecule has 0 saturated heterocycles. The van der Waals surface area contributed by atoms with Crippen LogP contribution >= 0.6 is 0 Å². The molecule has 2 aromatic rings. The van der Waals surface area contributed by atoms with Crippen molar-refractivity contribution in [1.82, 2.24) is 9.88 Å². The fraction of sp³-hybridized carbons (Fsp3) is 0.111. The topological polar surface area (TPSA) is 77.9 Å². The van der Waals surface area contributed by atoms with Crippen LogP contribution in [0.25, 0.3) is 5.57 Å². The summed E-state index contributed by atoms with van der Waals surface area (Å²) in [5, 5.41) is 0. The number of ketones is 1. The van der Waals surface area contributed by atoms with Gasteiger partial charge in [-0.3, -0.25) is 9.59 Å². The zero-order valence-electron chi connectivity index (χ0n) is 13.2. The molecule has 4 rings (SSSR count). The van der Waals surface area contributed by atoms with Crippen LogP contribution in [0.3, 0.4) is 0 Å². The molecule has 24 heavy (non-hydrogen) atoms. The molecular formula is C18H14N4O2. The molecule has 0 radical (unpaired) electrons. The first-order valence-electron chi connectivity index (χ1n) is 7.49. The maximum Gasteiger partial charge on any atom is 0.247 e. The molecular weight excluding hydrogens is 304 g/mol. The molecule has 6 heteroatoms. The highest BCUT2D eigenvalue weighted by molar-refractivity contribution is 6.43. The number of aromatic amines is 1. The fourth-order valence-electron chi connectivity index (χ4n) is 2.86. The molecule has 0 fully saturated rings. The second-order valence-electron chi connectivity index (χ2n) is 5.81. The van der Waals surface area contributed by atoms with Crippen LogP contribution in [0.5, 0.6) is 0 Å². The van der Waals surface area contributed by atoms with Gasteiger partial charge in [-0.1, -0.05) is 24.3 Å². The van der Waals surface area contributed by atoms with E-state index in [0.717, 1.165) is 5.56 Å². The molecule has 0 atom stereocenters. The minimum absolute atomic E-state index is 0.115. The highest BCUT2D eigenvalue weighted by atomic mass is 16.1. The van der Waals surface area contributed by atoms with Crippen LogP contribution in [0.4, 0.5) is 0 Å². The van der Waals surface area contributed by atoms with E-state index in [0.29, 0.717) is 34.1 Å². The molecule has 0 bridgehead atoms. The van der Waals surface area contributed by atoms with Crippen molar-refractivity contribution in [3.8, 4) is 0 Å². The summed E-state index contributed by atoms with van der Waals surface area (Å²) in [4.78, 5) is 37.9. The van der Waals surface area contributed by atoms with E-state index in [-0.39, 0.29) is 11.3 Å². The van der Waals surface area contributed by atoms with E-state index in [1.165, 1.54) is 12.3 Å². The van der Waals surface area contributed by atoms with Gasteiger partial charge < -0.3 is 9.88 Å². The second-order valence-corrected chi connectivity index (χ2v) is 5.81. The highest BCUT2D eigenvalue weighted by Gasteiger charge is 2.34. The van der Waals surface area contributed by atoms with Crippen LogP contribution in [0.1, 0.15) is 21.5 Å². The van der Waals surface area contributed by atoms with Crippen LogP contribution < -0.4 is 5.56 Å². The van der Waals surface area contributed by atoms with Gasteiger partial charge in [-0.15, -0.1) is 0 Å². The third-order valence-electron chi connectivity index (χ3n) is 4.01. The van der Waals surface area contributed by atoms with Crippen molar-refractivity contribution in [3.63, 3.8) is 0 Å². The Balaban J connectivity index is 2.02. The van der Waals surface area contributed by atoms with Crippen molar-refractivity contribution in [2.45, 2.75) is 0 Å². The summed E-state index contributed by atoms with van der Waals surface area (Å²) in [5.41, 5.74) is 3.49. The summed E-state index contributed by atoms with van der Waals surface area (Å²) < 4.78 is 0. The third kappa shape index (κ3) is 2.04. The SMILES string of the molecule is CN(C)C1=NC2=C(c3ccc(=O)[nH]c3)C(=O)c3ccccc3C2=N1. The number of carbonyl (C=O) groups excluding carboxylic acids is 1. The van der Waals surface area contributed by atoms with Gasteiger partial charge in [0.15, 0.2) is 5.78 Å². The summed E-state index contributed by atoms with van der Waals surface area (Å²) in [5.74, 6) is 0.432. The maximum atomic E-state index is 13.0. The van der Waals surface area contributed by atoms with Gasteiger partial charge in [0.2, 0.25) is 11.5 Å². The van der Waals surface area contributed by atoms with E-state index in [2.05, 4.69) is 15.0 Å². The fourth-order valence-corrected chi connectivity index (χ4v) is 2.86. The lowest BCUT2D eigenvalue weighted by Crippen LogP contribution is -2.20. The lowest BCUT2D eigenvalue weighted by Gasteiger charge is -2.18. The van der Waals surface area contributed by atoms with Crippen molar-refractivity contribution in [2.24, 2.45) is 9.98 Å². The number of hydrogen-bond acceptors (Lipinski definition) is 5. The number of fused-ring (bicyclic) bond motifs is 3. The number of rotatable bonds is 1. The minimum Gasteiger partial charge on any atom is -0.347 e. The molecule has 1 N–H and O–H groups in total. The quantitative estimate of drug-likeness (QED) is 0.869. The first kappa shape index (κ1) is 14.3. The van der Waals surface area contributed by atoms with Gasteiger partial charge in [-0.25, -0.2) is 9.98 Å². The Morgan fingerprint density at radius 2 is 1.71 bits per heavy atom. The Bertz CT molecular complexity index is 1000. The number of Topliss-reactive ketones (excluding diaryl/α,β-unsaturated/α-hetero) is 1. The smallest absolute Gasteiger partial charge is 0.247 e. The van der Waals surface area contributed by atoms with E-state index in [1.807, 2.05) is 32.3 Å². The van der Waals surface area contributed by atoms with E-state index < -0.39 is 0 Å². The molecule has 0 amide bonds. The lowest BCUT2D eigenvalue weighted by molar-refractivity contribution is 0.105. The molecule has 6 nitrogen and oxygen atoms in total. The Hall–Kier alpha value is -3.28. The van der Waals surface area contributed by atoms with E-state index in [9.17, 15) is 9.59 Å². The second kappa shape index (κ2) is 5.13. The Labute approximate surface area is 137 Å². The highest BCUT2D eigenvalue weighted by Crippen LogP contribution is 2.35.